The van der Waals surface area contributed by atoms with Gasteiger partial charge < -0.3 is 15.5 Å². The van der Waals surface area contributed by atoms with Crippen molar-refractivity contribution in [2.45, 2.75) is 38.6 Å². The first-order valence-electron chi connectivity index (χ1n) is 7.13. The van der Waals surface area contributed by atoms with Gasteiger partial charge in [0.2, 0.25) is 5.91 Å². The quantitative estimate of drug-likeness (QED) is 0.622. The molecule has 1 atom stereocenters. The Kier molecular flexibility index (Phi) is 7.43. The highest BCUT2D eigenvalue weighted by Gasteiger charge is 2.18. The zero-order valence-electron chi connectivity index (χ0n) is 12.0. The molecule has 0 spiro atoms. The summed E-state index contributed by atoms with van der Waals surface area (Å²) in [5.74, 6) is -0.222. The van der Waals surface area contributed by atoms with Crippen LogP contribution in [0.25, 0.3) is 0 Å². The highest BCUT2D eigenvalue weighted by atomic mass is 16.2. The molecule has 0 aromatic rings. The molecule has 0 aromatic heterocycles. The van der Waals surface area contributed by atoms with E-state index in [-0.39, 0.29) is 5.91 Å². The lowest BCUT2D eigenvalue weighted by Gasteiger charge is -2.24. The van der Waals surface area contributed by atoms with Crippen LogP contribution < -0.4 is 16.0 Å². The predicted octanol–water partition coefficient (Wildman–Crippen LogP) is 0.296. The Morgan fingerprint density at radius 2 is 2.16 bits per heavy atom. The average molecular weight is 270 g/mol. The number of hydrogen-bond acceptors (Lipinski definition) is 4. The summed E-state index contributed by atoms with van der Waals surface area (Å²) in [6.07, 6.45) is 3.89. The fraction of sp³-hybridized carbons (Fsp3) is 0.846. The minimum Gasteiger partial charge on any atom is -0.341 e. The Morgan fingerprint density at radius 1 is 1.37 bits per heavy atom. The number of amides is 3. The maximum absolute atomic E-state index is 11.5. The lowest BCUT2D eigenvalue weighted by molar-refractivity contribution is -0.120. The first kappa shape index (κ1) is 15.9. The van der Waals surface area contributed by atoms with Crippen molar-refractivity contribution in [2.24, 2.45) is 0 Å². The molecule has 3 N–H and O–H groups in total. The van der Waals surface area contributed by atoms with E-state index in [9.17, 15) is 9.59 Å². The van der Waals surface area contributed by atoms with E-state index in [1.807, 2.05) is 0 Å². The van der Waals surface area contributed by atoms with Gasteiger partial charge in [0.15, 0.2) is 0 Å². The number of hydrogen-bond donors (Lipinski definition) is 3. The molecule has 0 aliphatic carbocycles. The van der Waals surface area contributed by atoms with Gasteiger partial charge in [0.25, 0.3) is 0 Å². The molecule has 19 heavy (non-hydrogen) atoms. The van der Waals surface area contributed by atoms with Gasteiger partial charge >= 0.3 is 6.03 Å². The predicted molar refractivity (Wildman–Crippen MR) is 75.0 cm³/mol. The molecule has 1 rings (SSSR count). The number of urea groups is 1. The molecule has 6 nitrogen and oxygen atoms in total. The van der Waals surface area contributed by atoms with Crippen LogP contribution in [0, 0.1) is 0 Å². The molecule has 110 valence electrons. The van der Waals surface area contributed by atoms with Crippen LogP contribution in [0.1, 0.15) is 32.6 Å². The summed E-state index contributed by atoms with van der Waals surface area (Å²) in [5, 5.41) is 8.13. The summed E-state index contributed by atoms with van der Waals surface area (Å²) in [4.78, 5) is 24.8. The largest absolute Gasteiger partial charge is 0.341 e. The summed E-state index contributed by atoms with van der Waals surface area (Å²) in [5.41, 5.74) is 0. The fourth-order valence-corrected chi connectivity index (χ4v) is 2.35. The van der Waals surface area contributed by atoms with Crippen LogP contribution in [-0.2, 0) is 4.79 Å². The van der Waals surface area contributed by atoms with Gasteiger partial charge in [-0.25, -0.2) is 4.79 Å². The van der Waals surface area contributed by atoms with Crippen LogP contribution >= 0.6 is 0 Å². The molecule has 1 heterocycles. The van der Waals surface area contributed by atoms with Gasteiger partial charge in [-0.3, -0.25) is 10.1 Å². The standard InChI is InChI=1S/C13H26N4O2/c1-3-8-17(10-11-5-4-7-15-11)9-6-12(18)16-13(19)14-2/h11,15H,3-10H2,1-2H3,(H2,14,16,18,19). The van der Waals surface area contributed by atoms with Crippen molar-refractivity contribution in [2.75, 3.05) is 33.2 Å². The second-order valence-corrected chi connectivity index (χ2v) is 4.97. The first-order chi connectivity index (χ1) is 9.15. The lowest BCUT2D eigenvalue weighted by atomic mass is 10.2. The van der Waals surface area contributed by atoms with Crippen LogP contribution in [0.5, 0.6) is 0 Å². The van der Waals surface area contributed by atoms with E-state index < -0.39 is 6.03 Å². The maximum atomic E-state index is 11.5. The van der Waals surface area contributed by atoms with Gasteiger partial charge in [0.05, 0.1) is 0 Å². The Labute approximate surface area is 115 Å². The molecule has 1 unspecified atom stereocenters. The summed E-state index contributed by atoms with van der Waals surface area (Å²) < 4.78 is 0. The van der Waals surface area contributed by atoms with E-state index in [2.05, 4.69) is 27.8 Å². The second-order valence-electron chi connectivity index (χ2n) is 4.97. The lowest BCUT2D eigenvalue weighted by Crippen LogP contribution is -2.42. The monoisotopic (exact) mass is 270 g/mol. The van der Waals surface area contributed by atoms with Gasteiger partial charge in [0.1, 0.15) is 0 Å². The zero-order valence-corrected chi connectivity index (χ0v) is 12.0. The topological polar surface area (TPSA) is 73.5 Å². The molecular formula is C13H26N4O2. The summed E-state index contributed by atoms with van der Waals surface area (Å²) in [6, 6.07) is 0.109. The fourth-order valence-electron chi connectivity index (χ4n) is 2.35. The second kappa shape index (κ2) is 8.87. The number of carbonyl (C=O) groups excluding carboxylic acids is 2. The average Bonchev–Trinajstić information content (AvgIpc) is 2.89. The molecule has 1 saturated heterocycles. The third-order valence-corrected chi connectivity index (χ3v) is 3.32. The van der Waals surface area contributed by atoms with Crippen LogP contribution in [-0.4, -0.2) is 56.1 Å². The smallest absolute Gasteiger partial charge is 0.321 e. The van der Waals surface area contributed by atoms with Crippen molar-refractivity contribution < 1.29 is 9.59 Å². The van der Waals surface area contributed by atoms with E-state index in [0.717, 1.165) is 26.1 Å². The van der Waals surface area contributed by atoms with E-state index in [1.165, 1.54) is 19.9 Å². The molecule has 6 heteroatoms. The maximum Gasteiger partial charge on any atom is 0.321 e. The van der Waals surface area contributed by atoms with Gasteiger partial charge in [-0.15, -0.1) is 0 Å². The zero-order chi connectivity index (χ0) is 14.1. The normalized spacial score (nSPS) is 18.6. The van der Waals surface area contributed by atoms with Gasteiger partial charge in [-0.1, -0.05) is 6.92 Å². The van der Waals surface area contributed by atoms with Crippen molar-refractivity contribution in [3.63, 3.8) is 0 Å². The molecule has 0 aromatic carbocycles. The van der Waals surface area contributed by atoms with Crippen molar-refractivity contribution in [3.8, 4) is 0 Å². The molecular weight excluding hydrogens is 244 g/mol. The molecule has 1 aliphatic rings. The van der Waals surface area contributed by atoms with Crippen LogP contribution in [0.3, 0.4) is 0 Å². The summed E-state index contributed by atoms with van der Waals surface area (Å²) >= 11 is 0. The third-order valence-electron chi connectivity index (χ3n) is 3.32. The molecule has 1 fully saturated rings. The molecule has 0 bridgehead atoms. The number of nitrogens with zero attached hydrogens (tertiary/aromatic N) is 1. The van der Waals surface area contributed by atoms with E-state index in [0.29, 0.717) is 19.0 Å². The minimum absolute atomic E-state index is 0.222. The molecule has 3 amide bonds. The van der Waals surface area contributed by atoms with Gasteiger partial charge in [-0.2, -0.15) is 0 Å². The van der Waals surface area contributed by atoms with E-state index in [4.69, 9.17) is 0 Å². The van der Waals surface area contributed by atoms with Gasteiger partial charge in [-0.05, 0) is 32.4 Å². The van der Waals surface area contributed by atoms with E-state index in [1.54, 1.807) is 0 Å². The van der Waals surface area contributed by atoms with Crippen LogP contribution in [0.15, 0.2) is 0 Å². The summed E-state index contributed by atoms with van der Waals surface area (Å²) in [6.45, 7) is 5.92. The third kappa shape index (κ3) is 6.54. The number of imide groups is 1. The van der Waals surface area contributed by atoms with Crippen molar-refractivity contribution in [3.05, 3.63) is 0 Å². The van der Waals surface area contributed by atoms with Gasteiger partial charge in [0, 0.05) is 32.6 Å². The van der Waals surface area contributed by atoms with Crippen molar-refractivity contribution in [1.82, 2.24) is 20.9 Å². The summed E-state index contributed by atoms with van der Waals surface area (Å²) in [7, 11) is 1.50. The SMILES string of the molecule is CCCN(CCC(=O)NC(=O)NC)CC1CCCN1. The van der Waals surface area contributed by atoms with Crippen LogP contribution in [0.2, 0.25) is 0 Å². The number of carbonyl (C=O) groups is 2. The van der Waals surface area contributed by atoms with Crippen molar-refractivity contribution >= 4 is 11.9 Å². The highest BCUT2D eigenvalue weighted by Crippen LogP contribution is 2.07. The molecule has 1 aliphatic heterocycles. The highest BCUT2D eigenvalue weighted by molar-refractivity contribution is 5.94. The van der Waals surface area contributed by atoms with Crippen LogP contribution in [0.4, 0.5) is 4.79 Å². The molecule has 0 radical (unpaired) electrons. The Bertz CT molecular complexity index is 290. The van der Waals surface area contributed by atoms with Crippen molar-refractivity contribution in [1.29, 1.82) is 0 Å². The molecule has 0 saturated carbocycles. The Hall–Kier alpha value is -1.14. The minimum atomic E-state index is -0.440. The first-order valence-corrected chi connectivity index (χ1v) is 7.13. The Morgan fingerprint density at radius 3 is 2.74 bits per heavy atom. The number of rotatable bonds is 7. The van der Waals surface area contributed by atoms with E-state index >= 15 is 0 Å². The number of nitrogens with one attached hydrogen (secondary N) is 3. The Balaban J connectivity index is 2.27.